The van der Waals surface area contributed by atoms with Crippen LogP contribution in [-0.4, -0.2) is 26.2 Å². The third kappa shape index (κ3) is 3.36. The van der Waals surface area contributed by atoms with Gasteiger partial charge in [-0.05, 0) is 40.5 Å². The second kappa shape index (κ2) is 5.58. The lowest BCUT2D eigenvalue weighted by atomic mass is 10.2. The Kier molecular flexibility index (Phi) is 4.08. The number of nitrogens with zero attached hydrogens (tertiary/aromatic N) is 3. The van der Waals surface area contributed by atoms with Crippen LogP contribution in [0.3, 0.4) is 0 Å². The van der Waals surface area contributed by atoms with Gasteiger partial charge in [0.15, 0.2) is 0 Å². The number of aliphatic hydroxyl groups excluding tert-OH is 1. The number of rotatable bonds is 4. The summed E-state index contributed by atoms with van der Waals surface area (Å²) >= 11 is 3.11. The molecule has 1 unspecified atom stereocenters. The molecule has 1 heterocycles. The molecule has 1 atom stereocenters. The van der Waals surface area contributed by atoms with Gasteiger partial charge in [0.05, 0.1) is 22.8 Å². The zero-order valence-electron chi connectivity index (χ0n) is 9.85. The van der Waals surface area contributed by atoms with Gasteiger partial charge in [0.25, 0.3) is 0 Å². The minimum absolute atomic E-state index is 0.295. The first-order valence-electron chi connectivity index (χ1n) is 5.55. The highest BCUT2D eigenvalue weighted by Crippen LogP contribution is 2.16. The molecule has 1 aromatic carbocycles. The van der Waals surface area contributed by atoms with E-state index in [1.807, 2.05) is 6.07 Å². The Morgan fingerprint density at radius 3 is 2.94 bits per heavy atom. The van der Waals surface area contributed by atoms with E-state index in [9.17, 15) is 9.50 Å². The quantitative estimate of drug-likeness (QED) is 0.941. The lowest BCUT2D eigenvalue weighted by Gasteiger charge is -2.02. The standard InChI is InChI=1S/C12H13BrFN3O/c1-8(18)4-10-7-17(16-15-10)6-9-2-3-11(13)12(14)5-9/h2-3,5,7-8,18H,4,6H2,1H3. The molecule has 1 aromatic heterocycles. The van der Waals surface area contributed by atoms with Crippen LogP contribution in [0.2, 0.25) is 0 Å². The summed E-state index contributed by atoms with van der Waals surface area (Å²) in [4.78, 5) is 0. The fraction of sp³-hybridized carbons (Fsp3) is 0.333. The first kappa shape index (κ1) is 13.2. The van der Waals surface area contributed by atoms with Gasteiger partial charge in [-0.1, -0.05) is 11.3 Å². The molecule has 0 fully saturated rings. The van der Waals surface area contributed by atoms with Crippen molar-refractivity contribution in [3.05, 3.63) is 45.9 Å². The van der Waals surface area contributed by atoms with Crippen molar-refractivity contribution >= 4 is 15.9 Å². The van der Waals surface area contributed by atoms with Crippen LogP contribution >= 0.6 is 15.9 Å². The van der Waals surface area contributed by atoms with E-state index in [0.717, 1.165) is 11.3 Å². The van der Waals surface area contributed by atoms with Gasteiger partial charge in [0, 0.05) is 12.6 Å². The summed E-state index contributed by atoms with van der Waals surface area (Å²) in [5, 5.41) is 17.1. The largest absolute Gasteiger partial charge is 0.393 e. The molecule has 0 saturated heterocycles. The molecule has 0 bridgehead atoms. The molecule has 96 valence electrons. The number of benzene rings is 1. The van der Waals surface area contributed by atoms with E-state index in [1.165, 1.54) is 6.07 Å². The maximum atomic E-state index is 13.3. The lowest BCUT2D eigenvalue weighted by molar-refractivity contribution is 0.194. The predicted octanol–water partition coefficient (Wildman–Crippen LogP) is 2.15. The van der Waals surface area contributed by atoms with Crippen LogP contribution < -0.4 is 0 Å². The van der Waals surface area contributed by atoms with Gasteiger partial charge in [0.2, 0.25) is 0 Å². The average molecular weight is 314 g/mol. The molecule has 0 spiro atoms. The van der Waals surface area contributed by atoms with Crippen LogP contribution in [0.25, 0.3) is 0 Å². The van der Waals surface area contributed by atoms with E-state index < -0.39 is 6.10 Å². The zero-order valence-corrected chi connectivity index (χ0v) is 11.4. The molecule has 6 heteroatoms. The molecule has 0 aliphatic heterocycles. The second-order valence-electron chi connectivity index (χ2n) is 4.21. The molecule has 0 amide bonds. The van der Waals surface area contributed by atoms with Gasteiger partial charge in [-0.2, -0.15) is 0 Å². The Balaban J connectivity index is 2.08. The number of aromatic nitrogens is 3. The molecule has 0 aliphatic rings. The smallest absolute Gasteiger partial charge is 0.137 e. The van der Waals surface area contributed by atoms with Crippen LogP contribution in [-0.2, 0) is 13.0 Å². The summed E-state index contributed by atoms with van der Waals surface area (Å²) in [6, 6.07) is 4.95. The summed E-state index contributed by atoms with van der Waals surface area (Å²) in [5.74, 6) is -0.295. The Bertz CT molecular complexity index is 542. The fourth-order valence-corrected chi connectivity index (χ4v) is 1.88. The normalized spacial score (nSPS) is 12.7. The first-order valence-corrected chi connectivity index (χ1v) is 6.35. The third-order valence-electron chi connectivity index (χ3n) is 2.42. The van der Waals surface area contributed by atoms with Crippen molar-refractivity contribution < 1.29 is 9.50 Å². The van der Waals surface area contributed by atoms with E-state index in [0.29, 0.717) is 17.4 Å². The minimum Gasteiger partial charge on any atom is -0.393 e. The molecule has 2 aromatic rings. The Labute approximate surface area is 113 Å². The summed E-state index contributed by atoms with van der Waals surface area (Å²) in [5.41, 5.74) is 1.53. The lowest BCUT2D eigenvalue weighted by Crippen LogP contribution is -2.04. The van der Waals surface area contributed by atoms with Crippen LogP contribution in [0.5, 0.6) is 0 Å². The van der Waals surface area contributed by atoms with Crippen molar-refractivity contribution in [2.45, 2.75) is 26.0 Å². The molecule has 18 heavy (non-hydrogen) atoms. The molecule has 1 N–H and O–H groups in total. The average Bonchev–Trinajstić information content (AvgIpc) is 2.70. The second-order valence-corrected chi connectivity index (χ2v) is 5.06. The number of hydrogen-bond donors (Lipinski definition) is 1. The SMILES string of the molecule is CC(O)Cc1cn(Cc2ccc(Br)c(F)c2)nn1. The summed E-state index contributed by atoms with van der Waals surface area (Å²) in [7, 11) is 0. The van der Waals surface area contributed by atoms with Crippen molar-refractivity contribution in [1.82, 2.24) is 15.0 Å². The highest BCUT2D eigenvalue weighted by Gasteiger charge is 2.06. The molecular weight excluding hydrogens is 301 g/mol. The Morgan fingerprint density at radius 1 is 1.50 bits per heavy atom. The number of halogens is 2. The van der Waals surface area contributed by atoms with Crippen molar-refractivity contribution in [3.63, 3.8) is 0 Å². The van der Waals surface area contributed by atoms with Gasteiger partial charge < -0.3 is 5.11 Å². The maximum Gasteiger partial charge on any atom is 0.137 e. The van der Waals surface area contributed by atoms with Crippen molar-refractivity contribution in [1.29, 1.82) is 0 Å². The van der Waals surface area contributed by atoms with E-state index >= 15 is 0 Å². The first-order chi connectivity index (χ1) is 8.54. The maximum absolute atomic E-state index is 13.3. The molecule has 0 aliphatic carbocycles. The molecule has 2 rings (SSSR count). The van der Waals surface area contributed by atoms with E-state index in [4.69, 9.17) is 0 Å². The molecular formula is C12H13BrFN3O. The zero-order chi connectivity index (χ0) is 13.1. The fourth-order valence-electron chi connectivity index (χ4n) is 1.64. The van der Waals surface area contributed by atoms with Crippen LogP contribution in [0.4, 0.5) is 4.39 Å². The number of hydrogen-bond acceptors (Lipinski definition) is 3. The van der Waals surface area contributed by atoms with E-state index in [1.54, 1.807) is 23.9 Å². The van der Waals surface area contributed by atoms with E-state index in [-0.39, 0.29) is 5.82 Å². The summed E-state index contributed by atoms with van der Waals surface area (Å²) in [6.07, 6.45) is 1.78. The molecule has 0 radical (unpaired) electrons. The van der Waals surface area contributed by atoms with Gasteiger partial charge in [-0.25, -0.2) is 9.07 Å². The Morgan fingerprint density at radius 2 is 2.28 bits per heavy atom. The van der Waals surface area contributed by atoms with Crippen molar-refractivity contribution in [3.8, 4) is 0 Å². The molecule has 4 nitrogen and oxygen atoms in total. The van der Waals surface area contributed by atoms with Gasteiger partial charge in [-0.15, -0.1) is 5.10 Å². The summed E-state index contributed by atoms with van der Waals surface area (Å²) < 4.78 is 15.4. The highest BCUT2D eigenvalue weighted by atomic mass is 79.9. The predicted molar refractivity (Wildman–Crippen MR) is 68.6 cm³/mol. The highest BCUT2D eigenvalue weighted by molar-refractivity contribution is 9.10. The van der Waals surface area contributed by atoms with Gasteiger partial charge in [-0.3, -0.25) is 0 Å². The molecule has 0 saturated carbocycles. The Hall–Kier alpha value is -1.27. The van der Waals surface area contributed by atoms with Crippen LogP contribution in [0, 0.1) is 5.82 Å². The topological polar surface area (TPSA) is 50.9 Å². The third-order valence-corrected chi connectivity index (χ3v) is 3.06. The number of aliphatic hydroxyl groups is 1. The van der Waals surface area contributed by atoms with Crippen molar-refractivity contribution in [2.24, 2.45) is 0 Å². The van der Waals surface area contributed by atoms with Gasteiger partial charge >= 0.3 is 0 Å². The van der Waals surface area contributed by atoms with E-state index in [2.05, 4.69) is 26.2 Å². The van der Waals surface area contributed by atoms with Crippen LogP contribution in [0.15, 0.2) is 28.9 Å². The van der Waals surface area contributed by atoms with Gasteiger partial charge in [0.1, 0.15) is 5.82 Å². The van der Waals surface area contributed by atoms with Crippen LogP contribution in [0.1, 0.15) is 18.2 Å². The summed E-state index contributed by atoms with van der Waals surface area (Å²) in [6.45, 7) is 2.15. The monoisotopic (exact) mass is 313 g/mol. The minimum atomic E-state index is -0.444. The van der Waals surface area contributed by atoms with Crippen molar-refractivity contribution in [2.75, 3.05) is 0 Å².